The molecule has 0 aliphatic carbocycles. The molecule has 0 heterocycles. The van der Waals surface area contributed by atoms with E-state index in [0.29, 0.717) is 0 Å². The van der Waals surface area contributed by atoms with E-state index in [0.717, 1.165) is 0 Å². The van der Waals surface area contributed by atoms with Gasteiger partial charge < -0.3 is 35.9 Å². The third-order valence-electron chi connectivity index (χ3n) is 0. The Morgan fingerprint density at radius 2 is 1.00 bits per heavy atom. The summed E-state index contributed by atoms with van der Waals surface area (Å²) in [6.07, 6.45) is 0. The zero-order valence-electron chi connectivity index (χ0n) is 5.65. The molecule has 11 heavy (non-hydrogen) atoms. The fourth-order valence-corrected chi connectivity index (χ4v) is 0. The third-order valence-corrected chi connectivity index (χ3v) is 0. The van der Waals surface area contributed by atoms with E-state index in [-0.39, 0.29) is 35.4 Å². The summed E-state index contributed by atoms with van der Waals surface area (Å²) in [5.41, 5.74) is 0. The van der Waals surface area contributed by atoms with Gasteiger partial charge in [0, 0.05) is 9.17 Å². The van der Waals surface area contributed by atoms with Gasteiger partial charge in [-0.25, -0.2) is 0 Å². The molecule has 0 aliphatic rings. The quantitative estimate of drug-likeness (QED) is 0.288. The van der Waals surface area contributed by atoms with Crippen LogP contribution in [0, 0.1) is 0 Å². The van der Waals surface area contributed by atoms with E-state index in [1.807, 2.05) is 0 Å². The minimum Gasteiger partial charge on any atom is -0.672 e. The van der Waals surface area contributed by atoms with Gasteiger partial charge in [-0.2, -0.15) is 0 Å². The van der Waals surface area contributed by atoms with E-state index in [9.17, 15) is 0 Å². The summed E-state index contributed by atoms with van der Waals surface area (Å²) in [4.78, 5) is 31.4. The van der Waals surface area contributed by atoms with Crippen LogP contribution in [0.5, 0.6) is 0 Å². The molecule has 0 spiro atoms. The summed E-state index contributed by atoms with van der Waals surface area (Å²) < 4.78 is 17.3. The molecule has 0 rings (SSSR count). The maximum atomic E-state index is 8.74. The van der Waals surface area contributed by atoms with Crippen molar-refractivity contribution in [1.82, 2.24) is 12.3 Å². The Bertz CT molecular complexity index is 76.6. The Hall–Kier alpha value is -0.0800. The average molecular weight is 213 g/mol. The zero-order chi connectivity index (χ0) is 7.15. The van der Waals surface area contributed by atoms with Gasteiger partial charge in [0.2, 0.25) is 0 Å². The minimum absolute atomic E-state index is 0. The maximum absolute atomic E-state index is 8.74. The van der Waals surface area contributed by atoms with Gasteiger partial charge in [0.05, 0.1) is 0 Å². The molecule has 0 fully saturated rings. The summed E-state index contributed by atoms with van der Waals surface area (Å²) in [6.45, 7) is 0. The zero-order valence-corrected chi connectivity index (χ0v) is 9.06. The minimum atomic E-state index is -3.63. The Morgan fingerprint density at radius 3 is 1.00 bits per heavy atom. The molecule has 8 nitrogen and oxygen atoms in total. The maximum Gasteiger partial charge on any atom is 2.00 e. The van der Waals surface area contributed by atoms with E-state index >= 15 is 0 Å². The van der Waals surface area contributed by atoms with Crippen LogP contribution in [0.2, 0.25) is 0 Å². The van der Waals surface area contributed by atoms with Gasteiger partial charge in [0.25, 0.3) is 0 Å². The van der Waals surface area contributed by atoms with Crippen molar-refractivity contribution in [1.29, 1.82) is 0 Å². The molecule has 0 radical (unpaired) electrons. The van der Waals surface area contributed by atoms with Crippen LogP contribution in [0.15, 0.2) is 0 Å². The predicted molar refractivity (Wildman–Crippen MR) is 33.1 cm³/mol. The molecule has 0 amide bonds. The number of hydrogen-bond donors (Lipinski definition) is 4. The fraction of sp³-hybridized carbons (Fsp3) is 0. The second kappa shape index (κ2) is 22.5. The van der Waals surface area contributed by atoms with Gasteiger partial charge in [0.15, 0.2) is 0 Å². The predicted octanol–water partition coefficient (Wildman–Crippen LogP) is -4.55. The van der Waals surface area contributed by atoms with E-state index in [1.54, 1.807) is 0 Å². The molecule has 11 heteroatoms. The van der Waals surface area contributed by atoms with E-state index < -0.39 is 18.3 Å². The van der Waals surface area contributed by atoms with Crippen molar-refractivity contribution in [3.05, 3.63) is 0 Å². The first-order valence-electron chi connectivity index (χ1n) is 1.26. The fourth-order valence-electron chi connectivity index (χ4n) is 0. The van der Waals surface area contributed by atoms with Gasteiger partial charge >= 0.3 is 32.2 Å². The molecule has 0 aromatic heterocycles. The average Bonchev–Trinajstić information content (AvgIpc) is 1.25. The first-order chi connectivity index (χ1) is 3.46. The Morgan fingerprint density at radius 1 is 1.00 bits per heavy atom. The van der Waals surface area contributed by atoms with E-state index in [1.165, 1.54) is 0 Å². The SMILES string of the molecule is N.N.O=[Si](O)O.O=[Si]([O-])[O-].[Mg+2]. The molecule has 0 saturated carbocycles. The standard InChI is InChI=1S/Mg.2H3N.H2O3Si.O3Si/c;;;2*1-4(2)3/h;2*1H3;1-2H;/q+2;;;;-2. The van der Waals surface area contributed by atoms with Crippen LogP contribution in [-0.2, 0) is 8.92 Å². The molecule has 64 valence electrons. The summed E-state index contributed by atoms with van der Waals surface area (Å²) >= 11 is 0. The molecule has 0 atom stereocenters. The molecule has 0 bridgehead atoms. The van der Waals surface area contributed by atoms with Crippen molar-refractivity contribution in [3.63, 3.8) is 0 Å². The Labute approximate surface area is 82.0 Å². The first-order valence-corrected chi connectivity index (χ1v) is 3.79. The van der Waals surface area contributed by atoms with Crippen LogP contribution in [0.3, 0.4) is 0 Å². The summed E-state index contributed by atoms with van der Waals surface area (Å²) in [5, 5.41) is 0. The van der Waals surface area contributed by atoms with Gasteiger partial charge in [-0.05, 0) is 0 Å². The van der Waals surface area contributed by atoms with Crippen molar-refractivity contribution in [2.75, 3.05) is 0 Å². The first kappa shape index (κ1) is 30.7. The molecule has 8 N–H and O–H groups in total. The number of hydrogen-bond acceptors (Lipinski definition) is 6. The Balaban J connectivity index is -0.0000000171. The molecular formula is H8MgN2O6Si2. The van der Waals surface area contributed by atoms with E-state index in [2.05, 4.69) is 0 Å². The largest absolute Gasteiger partial charge is 2.00 e. The molecular weight excluding hydrogens is 204 g/mol. The molecule has 0 aliphatic heterocycles. The molecule has 0 unspecified atom stereocenters. The second-order valence-electron chi connectivity index (χ2n) is 0.533. The second-order valence-corrected chi connectivity index (χ2v) is 1.60. The topological polar surface area (TPSA) is 191 Å². The van der Waals surface area contributed by atoms with Gasteiger partial charge in [-0.15, -0.1) is 0 Å². The Kier molecular flexibility index (Phi) is 62.8. The normalized spacial score (nSPS) is 4.36. The van der Waals surface area contributed by atoms with Crippen LogP contribution in [0.4, 0.5) is 0 Å². The van der Waals surface area contributed by atoms with Crippen molar-refractivity contribution in [2.45, 2.75) is 0 Å². The smallest absolute Gasteiger partial charge is 0.672 e. The van der Waals surface area contributed by atoms with Crippen LogP contribution in [-0.4, -0.2) is 51.0 Å². The van der Waals surface area contributed by atoms with Crippen molar-refractivity contribution >= 4 is 41.4 Å². The summed E-state index contributed by atoms with van der Waals surface area (Å²) in [7, 11) is -6.76. The van der Waals surface area contributed by atoms with Crippen LogP contribution >= 0.6 is 0 Å². The summed E-state index contributed by atoms with van der Waals surface area (Å²) in [6, 6.07) is 0. The van der Waals surface area contributed by atoms with Crippen molar-refractivity contribution < 1.29 is 28.1 Å². The van der Waals surface area contributed by atoms with Gasteiger partial charge in [-0.3, -0.25) is 4.46 Å². The summed E-state index contributed by atoms with van der Waals surface area (Å²) in [5.74, 6) is 0. The molecule has 0 saturated heterocycles. The van der Waals surface area contributed by atoms with Crippen molar-refractivity contribution in [2.24, 2.45) is 0 Å². The van der Waals surface area contributed by atoms with Crippen LogP contribution in [0.25, 0.3) is 0 Å². The van der Waals surface area contributed by atoms with Gasteiger partial charge in [-0.1, -0.05) is 0 Å². The van der Waals surface area contributed by atoms with E-state index in [4.69, 9.17) is 28.1 Å². The van der Waals surface area contributed by atoms with Crippen molar-refractivity contribution in [3.8, 4) is 0 Å². The van der Waals surface area contributed by atoms with Crippen LogP contribution < -0.4 is 21.9 Å². The monoisotopic (exact) mass is 212 g/mol. The molecule has 0 aromatic carbocycles. The third kappa shape index (κ3) is 97200. The number of rotatable bonds is 0. The molecule has 0 aromatic rings. The van der Waals surface area contributed by atoms with Crippen LogP contribution in [0.1, 0.15) is 0 Å². The van der Waals surface area contributed by atoms with Gasteiger partial charge in [0.1, 0.15) is 0 Å².